The van der Waals surface area contributed by atoms with E-state index in [4.69, 9.17) is 4.98 Å². The fourth-order valence-corrected chi connectivity index (χ4v) is 4.12. The largest absolute Gasteiger partial charge is 0.341 e. The summed E-state index contributed by atoms with van der Waals surface area (Å²) in [6.07, 6.45) is 4.92. The van der Waals surface area contributed by atoms with E-state index in [0.717, 1.165) is 31.5 Å². The topological polar surface area (TPSA) is 49.3 Å². The highest BCUT2D eigenvalue weighted by Gasteiger charge is 2.29. The summed E-state index contributed by atoms with van der Waals surface area (Å²) in [6, 6.07) is 15.5. The normalized spacial score (nSPS) is 15.2. The first-order valence-electron chi connectivity index (χ1n) is 10.7. The number of carbonyl (C=O) groups excluding carboxylic acids is 1. The number of carbonyl (C=O) groups is 1. The summed E-state index contributed by atoms with van der Waals surface area (Å²) >= 11 is 0. The third-order valence-electron chi connectivity index (χ3n) is 5.69. The molecule has 1 aliphatic heterocycles. The molecule has 0 saturated carbocycles. The zero-order valence-electron chi connectivity index (χ0n) is 18.0. The van der Waals surface area contributed by atoms with Crippen molar-refractivity contribution in [2.24, 2.45) is 0 Å². The van der Waals surface area contributed by atoms with Gasteiger partial charge in [-0.05, 0) is 51.1 Å². The van der Waals surface area contributed by atoms with Gasteiger partial charge in [-0.1, -0.05) is 42.5 Å². The van der Waals surface area contributed by atoms with Crippen molar-refractivity contribution in [2.45, 2.75) is 25.3 Å². The molecule has 2 aromatic carbocycles. The van der Waals surface area contributed by atoms with Crippen LogP contribution in [0.1, 0.15) is 41.2 Å². The molecule has 5 nitrogen and oxygen atoms in total. The molecule has 31 heavy (non-hydrogen) atoms. The molecule has 4 rings (SSSR count). The molecule has 0 spiro atoms. The molecular weight excluding hydrogens is 391 g/mol. The van der Waals surface area contributed by atoms with Crippen LogP contribution in [0.4, 0.5) is 10.3 Å². The Morgan fingerprint density at radius 1 is 1.00 bits per heavy atom. The van der Waals surface area contributed by atoms with Crippen LogP contribution in [-0.4, -0.2) is 47.8 Å². The first-order chi connectivity index (χ1) is 15.1. The minimum absolute atomic E-state index is 0.153. The lowest BCUT2D eigenvalue weighted by molar-refractivity contribution is 0.0875. The highest BCUT2D eigenvalue weighted by molar-refractivity contribution is 6.05. The molecule has 2 heterocycles. The predicted molar refractivity (Wildman–Crippen MR) is 121 cm³/mol. The number of benzene rings is 2. The smallest absolute Gasteiger partial charge is 0.225 e. The van der Waals surface area contributed by atoms with Crippen molar-refractivity contribution >= 4 is 11.7 Å². The van der Waals surface area contributed by atoms with Crippen LogP contribution in [0.2, 0.25) is 0 Å². The van der Waals surface area contributed by atoms with Gasteiger partial charge in [-0.25, -0.2) is 14.4 Å². The van der Waals surface area contributed by atoms with Crippen LogP contribution in [-0.2, 0) is 0 Å². The highest BCUT2D eigenvalue weighted by Crippen LogP contribution is 2.31. The van der Waals surface area contributed by atoms with Gasteiger partial charge in [-0.2, -0.15) is 0 Å². The van der Waals surface area contributed by atoms with Crippen LogP contribution < -0.4 is 4.90 Å². The fraction of sp³-hybridized carbons (Fsp3) is 0.320. The van der Waals surface area contributed by atoms with Crippen molar-refractivity contribution in [1.82, 2.24) is 14.9 Å². The minimum atomic E-state index is -0.517. The summed E-state index contributed by atoms with van der Waals surface area (Å²) in [5.74, 6) is -0.00350. The molecule has 1 aromatic heterocycles. The van der Waals surface area contributed by atoms with Crippen LogP contribution in [0.3, 0.4) is 0 Å². The Morgan fingerprint density at radius 3 is 2.35 bits per heavy atom. The molecule has 0 N–H and O–H groups in total. The molecule has 3 aromatic rings. The quantitative estimate of drug-likeness (QED) is 0.540. The maximum atomic E-state index is 14.8. The number of anilines is 1. The number of aromatic nitrogens is 2. The van der Waals surface area contributed by atoms with Crippen LogP contribution in [0.5, 0.6) is 0 Å². The van der Waals surface area contributed by atoms with Crippen molar-refractivity contribution in [1.29, 1.82) is 0 Å². The molecule has 0 bridgehead atoms. The van der Waals surface area contributed by atoms with Gasteiger partial charge in [-0.3, -0.25) is 9.69 Å². The van der Waals surface area contributed by atoms with Crippen molar-refractivity contribution < 1.29 is 9.18 Å². The SMILES string of the molecule is CN(C)C(C(=O)c1cnc(N2CCCCC2)nc1-c1ccccc1F)c1ccccc1. The van der Waals surface area contributed by atoms with Crippen molar-refractivity contribution in [3.8, 4) is 11.3 Å². The third-order valence-corrected chi connectivity index (χ3v) is 5.69. The number of Topliss-reactive ketones (excluding diaryl/α,β-unsaturated/α-hetero) is 1. The molecule has 1 aliphatic rings. The van der Waals surface area contributed by atoms with E-state index in [2.05, 4.69) is 9.88 Å². The van der Waals surface area contributed by atoms with Crippen molar-refractivity contribution in [2.75, 3.05) is 32.1 Å². The summed E-state index contributed by atoms with van der Waals surface area (Å²) in [5.41, 5.74) is 1.86. The van der Waals surface area contributed by atoms with Gasteiger partial charge in [0.2, 0.25) is 5.95 Å². The molecule has 6 heteroatoms. The third kappa shape index (κ3) is 4.49. The Kier molecular flexibility index (Phi) is 6.37. The number of likely N-dealkylation sites (N-methyl/N-ethyl adjacent to an activating group) is 1. The van der Waals surface area contributed by atoms with Gasteiger partial charge in [0.05, 0.1) is 17.3 Å². The van der Waals surface area contributed by atoms with Gasteiger partial charge in [0.15, 0.2) is 5.78 Å². The summed E-state index contributed by atoms with van der Waals surface area (Å²) in [7, 11) is 3.72. The van der Waals surface area contributed by atoms with E-state index in [1.165, 1.54) is 12.5 Å². The standard InChI is InChI=1S/C25H27FN4O/c1-29(2)23(18-11-5-3-6-12-18)24(31)20-17-27-25(30-15-9-4-10-16-30)28-22(20)19-13-7-8-14-21(19)26/h3,5-8,11-14,17,23H,4,9-10,15-16H2,1-2H3. The Labute approximate surface area is 182 Å². The maximum absolute atomic E-state index is 14.8. The van der Waals surface area contributed by atoms with Crippen LogP contribution in [0.15, 0.2) is 60.8 Å². The average molecular weight is 419 g/mol. The number of ketones is 1. The summed E-state index contributed by atoms with van der Waals surface area (Å²) in [6.45, 7) is 1.74. The first kappa shape index (κ1) is 21.1. The second-order valence-electron chi connectivity index (χ2n) is 8.10. The van der Waals surface area contributed by atoms with E-state index < -0.39 is 11.9 Å². The van der Waals surface area contributed by atoms with Crippen molar-refractivity contribution in [3.63, 3.8) is 0 Å². The zero-order chi connectivity index (χ0) is 21.8. The number of hydrogen-bond donors (Lipinski definition) is 0. The van der Waals surface area contributed by atoms with Crippen LogP contribution in [0, 0.1) is 5.82 Å². The number of hydrogen-bond acceptors (Lipinski definition) is 5. The summed E-state index contributed by atoms with van der Waals surface area (Å²) in [4.78, 5) is 26.9. The monoisotopic (exact) mass is 418 g/mol. The van der Waals surface area contributed by atoms with Gasteiger partial charge in [-0.15, -0.1) is 0 Å². The van der Waals surface area contributed by atoms with E-state index in [1.54, 1.807) is 24.4 Å². The molecule has 0 aliphatic carbocycles. The summed E-state index contributed by atoms with van der Waals surface area (Å²) < 4.78 is 14.8. The molecule has 1 unspecified atom stereocenters. The second kappa shape index (κ2) is 9.35. The molecule has 1 atom stereocenters. The van der Waals surface area contributed by atoms with Gasteiger partial charge in [0.25, 0.3) is 0 Å². The van der Waals surface area contributed by atoms with Crippen LogP contribution in [0.25, 0.3) is 11.3 Å². The Morgan fingerprint density at radius 2 is 1.68 bits per heavy atom. The van der Waals surface area contributed by atoms with Gasteiger partial charge in [0.1, 0.15) is 5.82 Å². The Bertz CT molecular complexity index is 1050. The maximum Gasteiger partial charge on any atom is 0.225 e. The van der Waals surface area contributed by atoms with E-state index in [0.29, 0.717) is 22.8 Å². The Hall–Kier alpha value is -3.12. The zero-order valence-corrected chi connectivity index (χ0v) is 18.0. The first-order valence-corrected chi connectivity index (χ1v) is 10.7. The number of halogens is 1. The highest BCUT2D eigenvalue weighted by atomic mass is 19.1. The molecule has 160 valence electrons. The van der Waals surface area contributed by atoms with Crippen molar-refractivity contribution in [3.05, 3.63) is 77.7 Å². The molecule has 1 saturated heterocycles. The van der Waals surface area contributed by atoms with E-state index in [1.807, 2.05) is 49.3 Å². The average Bonchev–Trinajstić information content (AvgIpc) is 2.80. The van der Waals surface area contributed by atoms with Gasteiger partial charge >= 0.3 is 0 Å². The second-order valence-corrected chi connectivity index (χ2v) is 8.10. The van der Waals surface area contributed by atoms with E-state index >= 15 is 0 Å². The van der Waals surface area contributed by atoms with Crippen LogP contribution >= 0.6 is 0 Å². The van der Waals surface area contributed by atoms with Gasteiger partial charge < -0.3 is 4.90 Å². The molecule has 1 fully saturated rings. The Balaban J connectivity index is 1.82. The number of nitrogens with zero attached hydrogens (tertiary/aromatic N) is 4. The number of rotatable bonds is 6. The lowest BCUT2D eigenvalue weighted by Crippen LogP contribution is -2.32. The van der Waals surface area contributed by atoms with Gasteiger partial charge in [0, 0.05) is 24.8 Å². The fourth-order valence-electron chi connectivity index (χ4n) is 4.12. The van der Waals surface area contributed by atoms with E-state index in [9.17, 15) is 9.18 Å². The predicted octanol–water partition coefficient (Wildman–Crippen LogP) is 4.76. The van der Waals surface area contributed by atoms with E-state index in [-0.39, 0.29) is 5.78 Å². The lowest BCUT2D eigenvalue weighted by Gasteiger charge is -2.28. The number of piperidine rings is 1. The minimum Gasteiger partial charge on any atom is -0.341 e. The molecule has 0 radical (unpaired) electrons. The lowest BCUT2D eigenvalue weighted by atomic mass is 9.94. The molecule has 0 amide bonds. The molecular formula is C25H27FN4O. The summed E-state index contributed by atoms with van der Waals surface area (Å²) in [5, 5.41) is 0.